The summed E-state index contributed by atoms with van der Waals surface area (Å²) in [6, 6.07) is 6.75. The van der Waals surface area contributed by atoms with Crippen LogP contribution >= 0.6 is 0 Å². The molecule has 6 nitrogen and oxygen atoms in total. The van der Waals surface area contributed by atoms with E-state index in [2.05, 4.69) is 22.4 Å². The highest BCUT2D eigenvalue weighted by Gasteiger charge is 2.53. The fraction of sp³-hybridized carbons (Fsp3) is 0.607. The highest BCUT2D eigenvalue weighted by atomic mass is 16.1. The maximum Gasteiger partial charge on any atom is 0.260 e. The van der Waals surface area contributed by atoms with Gasteiger partial charge in [-0.3, -0.25) is 9.79 Å². The molecule has 0 radical (unpaired) electrons. The SMILES string of the molecule is N#C/C(C(N)=O)=c1/cc(NC2CCCCC2)cc2c1=N[C@@]13CCCC[C@@H]1CC1=C(CCCC1)N23. The van der Waals surface area contributed by atoms with Crippen molar-refractivity contribution in [2.75, 3.05) is 10.2 Å². The van der Waals surface area contributed by atoms with Crippen LogP contribution in [0, 0.1) is 17.2 Å². The third kappa shape index (κ3) is 3.35. The Kier molecular flexibility index (Phi) is 5.39. The van der Waals surface area contributed by atoms with Gasteiger partial charge < -0.3 is 16.0 Å². The van der Waals surface area contributed by atoms with E-state index in [0.29, 0.717) is 17.2 Å². The molecule has 1 spiro atoms. The molecule has 3 aliphatic carbocycles. The number of nitrogens with zero attached hydrogens (tertiary/aromatic N) is 3. The van der Waals surface area contributed by atoms with E-state index in [-0.39, 0.29) is 11.2 Å². The van der Waals surface area contributed by atoms with Gasteiger partial charge in [0.2, 0.25) is 0 Å². The van der Waals surface area contributed by atoms with Gasteiger partial charge in [-0.15, -0.1) is 0 Å². The summed E-state index contributed by atoms with van der Waals surface area (Å²) in [5.74, 6) is -0.179. The molecule has 1 amide bonds. The van der Waals surface area contributed by atoms with Gasteiger partial charge in [-0.2, -0.15) is 5.26 Å². The van der Waals surface area contributed by atoms with Crippen LogP contribution < -0.4 is 26.5 Å². The predicted molar refractivity (Wildman–Crippen MR) is 133 cm³/mol. The number of amides is 1. The number of primary amides is 1. The molecule has 2 saturated carbocycles. The Bertz CT molecular complexity index is 1220. The van der Waals surface area contributed by atoms with Gasteiger partial charge in [0.15, 0.2) is 0 Å². The minimum Gasteiger partial charge on any atom is -0.382 e. The van der Waals surface area contributed by atoms with Crippen molar-refractivity contribution in [3.05, 3.63) is 34.0 Å². The van der Waals surface area contributed by atoms with Crippen molar-refractivity contribution in [2.45, 2.75) is 102 Å². The molecular formula is C28H35N5O. The van der Waals surface area contributed by atoms with Crippen LogP contribution in [0.3, 0.4) is 0 Å². The van der Waals surface area contributed by atoms with E-state index in [0.717, 1.165) is 48.8 Å². The lowest BCUT2D eigenvalue weighted by Gasteiger charge is -2.52. The lowest BCUT2D eigenvalue weighted by Crippen LogP contribution is -2.55. The van der Waals surface area contributed by atoms with E-state index in [1.165, 1.54) is 63.5 Å². The zero-order chi connectivity index (χ0) is 23.3. The Morgan fingerprint density at radius 2 is 1.88 bits per heavy atom. The second-order valence-corrected chi connectivity index (χ2v) is 11.0. The number of nitriles is 1. The zero-order valence-electron chi connectivity index (χ0n) is 20.0. The molecule has 5 aliphatic rings. The molecule has 0 saturated heterocycles. The normalized spacial score (nSPS) is 29.1. The van der Waals surface area contributed by atoms with Crippen LogP contribution in [0.1, 0.15) is 89.9 Å². The molecule has 3 N–H and O–H groups in total. The van der Waals surface area contributed by atoms with Gasteiger partial charge in [0.25, 0.3) is 5.91 Å². The molecule has 2 aliphatic heterocycles. The number of anilines is 2. The average Bonchev–Trinajstić information content (AvgIpc) is 3.18. The van der Waals surface area contributed by atoms with Gasteiger partial charge in [-0.05, 0) is 76.3 Å². The average molecular weight is 458 g/mol. The maximum atomic E-state index is 12.3. The van der Waals surface area contributed by atoms with Gasteiger partial charge in [0.1, 0.15) is 17.3 Å². The van der Waals surface area contributed by atoms with Crippen molar-refractivity contribution in [2.24, 2.45) is 16.6 Å². The fourth-order valence-corrected chi connectivity index (χ4v) is 7.40. The Labute approximate surface area is 201 Å². The summed E-state index contributed by atoms with van der Waals surface area (Å²) in [5, 5.41) is 15.1. The molecule has 2 heterocycles. The Balaban J connectivity index is 1.59. The molecule has 6 heteroatoms. The van der Waals surface area contributed by atoms with Gasteiger partial charge in [0, 0.05) is 28.6 Å². The van der Waals surface area contributed by atoms with Crippen LogP contribution in [0.15, 0.2) is 28.4 Å². The topological polar surface area (TPSA) is 94.5 Å². The molecule has 178 valence electrons. The second-order valence-electron chi connectivity index (χ2n) is 11.0. The first kappa shape index (κ1) is 21.7. The molecule has 1 aromatic carbocycles. The molecule has 1 aromatic rings. The van der Waals surface area contributed by atoms with Gasteiger partial charge in [-0.1, -0.05) is 31.3 Å². The number of rotatable bonds is 3. The first-order chi connectivity index (χ1) is 16.6. The molecule has 34 heavy (non-hydrogen) atoms. The summed E-state index contributed by atoms with van der Waals surface area (Å²) in [4.78, 5) is 20.3. The first-order valence-electron chi connectivity index (χ1n) is 13.4. The van der Waals surface area contributed by atoms with E-state index >= 15 is 0 Å². The highest BCUT2D eigenvalue weighted by Crippen LogP contribution is 2.54. The standard InChI is InChI=1S/C28H35N5O/c29-17-23(27(30)34)22-15-21(31-20-10-2-1-3-11-20)16-25-26(22)32-28-13-7-6-9-19(28)14-18-8-4-5-12-24(18)33(25)28/h15-16,19-20,31H,1-14H2,(H2,30,34)/b23-22+/t19-,28-/m1/s1. The van der Waals surface area contributed by atoms with Crippen LogP contribution in [0.4, 0.5) is 11.4 Å². The van der Waals surface area contributed by atoms with Gasteiger partial charge in [0.05, 0.1) is 11.0 Å². The van der Waals surface area contributed by atoms with Crippen molar-refractivity contribution in [1.82, 2.24) is 0 Å². The molecule has 6 rings (SSSR count). The lowest BCUT2D eigenvalue weighted by molar-refractivity contribution is -0.112. The number of nitrogens with one attached hydrogen (secondary N) is 1. The third-order valence-corrected chi connectivity index (χ3v) is 8.94. The summed E-state index contributed by atoms with van der Waals surface area (Å²) in [5.41, 5.74) is 10.6. The number of nitrogens with two attached hydrogens (primary N) is 1. The smallest absolute Gasteiger partial charge is 0.260 e. The molecule has 0 bridgehead atoms. The van der Waals surface area contributed by atoms with Gasteiger partial charge >= 0.3 is 0 Å². The van der Waals surface area contributed by atoms with Crippen molar-refractivity contribution in [1.29, 1.82) is 5.26 Å². The quantitative estimate of drug-likeness (QED) is 0.713. The molecule has 2 atom stereocenters. The van der Waals surface area contributed by atoms with Crippen molar-refractivity contribution >= 4 is 22.9 Å². The molecule has 2 fully saturated rings. The van der Waals surface area contributed by atoms with Crippen molar-refractivity contribution in [3.8, 4) is 6.07 Å². The van der Waals surface area contributed by atoms with Crippen molar-refractivity contribution in [3.63, 3.8) is 0 Å². The van der Waals surface area contributed by atoms with Crippen LogP contribution in [-0.4, -0.2) is 17.6 Å². The summed E-state index contributed by atoms with van der Waals surface area (Å²) >= 11 is 0. The van der Waals surface area contributed by atoms with E-state index < -0.39 is 5.91 Å². The third-order valence-electron chi connectivity index (χ3n) is 8.94. The molecule has 0 unspecified atom stereocenters. The van der Waals surface area contributed by atoms with Crippen LogP contribution in [0.2, 0.25) is 0 Å². The maximum absolute atomic E-state index is 12.3. The number of hydrogen-bond acceptors (Lipinski definition) is 5. The largest absolute Gasteiger partial charge is 0.382 e. The van der Waals surface area contributed by atoms with E-state index in [9.17, 15) is 10.1 Å². The minimum atomic E-state index is -0.671. The Hall–Kier alpha value is -2.81. The van der Waals surface area contributed by atoms with E-state index in [4.69, 9.17) is 10.7 Å². The highest BCUT2D eigenvalue weighted by molar-refractivity contribution is 6.17. The van der Waals surface area contributed by atoms with E-state index in [1.54, 1.807) is 5.57 Å². The van der Waals surface area contributed by atoms with E-state index in [1.807, 2.05) is 6.07 Å². The van der Waals surface area contributed by atoms with Crippen LogP contribution in [-0.2, 0) is 4.79 Å². The summed E-state index contributed by atoms with van der Waals surface area (Å²) < 4.78 is 0. The minimum absolute atomic E-state index is 0.0220. The monoisotopic (exact) mass is 457 g/mol. The predicted octanol–water partition coefficient (Wildman–Crippen LogP) is 4.15. The first-order valence-corrected chi connectivity index (χ1v) is 13.4. The number of carbonyl (C=O) groups excluding carboxylic acids is 1. The molecular weight excluding hydrogens is 422 g/mol. The zero-order valence-corrected chi connectivity index (χ0v) is 20.0. The summed E-state index contributed by atoms with van der Waals surface area (Å²) in [7, 11) is 0. The number of allylic oxidation sites excluding steroid dienone is 2. The summed E-state index contributed by atoms with van der Waals surface area (Å²) in [6.07, 6.45) is 16.7. The Morgan fingerprint density at radius 3 is 2.68 bits per heavy atom. The molecule has 0 aromatic heterocycles. The van der Waals surface area contributed by atoms with Crippen LogP contribution in [0.25, 0.3) is 5.57 Å². The number of hydrogen-bond donors (Lipinski definition) is 2. The number of carbonyl (C=O) groups is 1. The number of benzene rings is 1. The second kappa shape index (κ2) is 8.45. The van der Waals surface area contributed by atoms with Crippen molar-refractivity contribution < 1.29 is 4.79 Å². The lowest BCUT2D eigenvalue weighted by atomic mass is 9.70. The Morgan fingerprint density at radius 1 is 1.09 bits per heavy atom. The fourth-order valence-electron chi connectivity index (χ4n) is 7.40. The van der Waals surface area contributed by atoms with Crippen LogP contribution in [0.5, 0.6) is 0 Å². The number of fused-ring (bicyclic) bond motifs is 3. The van der Waals surface area contributed by atoms with Gasteiger partial charge in [-0.25, -0.2) is 0 Å². The summed E-state index contributed by atoms with van der Waals surface area (Å²) in [6.45, 7) is 0.